The Bertz CT molecular complexity index is 1050. The number of nitrogen functional groups attached to an aromatic ring is 1. The second-order valence-electron chi connectivity index (χ2n) is 7.11. The smallest absolute Gasteiger partial charge is 0.403 e. The quantitative estimate of drug-likeness (QED) is 0.240. The molecule has 1 aliphatic rings. The number of hydrogen-bond donors (Lipinski definition) is 6. The third-order valence-electron chi connectivity index (χ3n) is 4.78. The van der Waals surface area contributed by atoms with E-state index in [9.17, 15) is 34.4 Å². The molecule has 3 rings (SSSR count). The summed E-state index contributed by atoms with van der Waals surface area (Å²) in [5.74, 6) is -1.41. The summed E-state index contributed by atoms with van der Waals surface area (Å²) in [4.78, 5) is 37.0. The van der Waals surface area contributed by atoms with Crippen molar-refractivity contribution in [1.82, 2.24) is 14.6 Å². The van der Waals surface area contributed by atoms with E-state index in [1.165, 1.54) is 12.3 Å². The van der Waals surface area contributed by atoms with E-state index in [2.05, 4.69) is 10.1 Å². The normalized spacial score (nSPS) is 25.8. The van der Waals surface area contributed by atoms with Gasteiger partial charge in [-0.15, -0.1) is 0 Å². The minimum atomic E-state index is -4.65. The second-order valence-corrected chi connectivity index (χ2v) is 8.67. The van der Waals surface area contributed by atoms with Gasteiger partial charge in [0.1, 0.15) is 30.2 Å². The largest absolute Gasteiger partial charge is 0.480 e. The van der Waals surface area contributed by atoms with Gasteiger partial charge in [-0.1, -0.05) is 30.3 Å². The maximum Gasteiger partial charge on any atom is 0.403 e. The van der Waals surface area contributed by atoms with Gasteiger partial charge < -0.3 is 30.7 Å². The number of nitrogens with zero attached hydrogens (tertiary/aromatic N) is 2. The van der Waals surface area contributed by atoms with Crippen LogP contribution in [0.5, 0.6) is 0 Å². The Morgan fingerprint density at radius 2 is 1.97 bits per heavy atom. The van der Waals surface area contributed by atoms with Gasteiger partial charge in [0.2, 0.25) is 0 Å². The lowest BCUT2D eigenvalue weighted by atomic mass is 10.1. The molecule has 1 saturated heterocycles. The van der Waals surface area contributed by atoms with Crippen LogP contribution in [0.3, 0.4) is 0 Å². The van der Waals surface area contributed by atoms with Gasteiger partial charge in [0, 0.05) is 6.20 Å². The molecule has 0 saturated carbocycles. The zero-order valence-electron chi connectivity index (χ0n) is 16.6. The summed E-state index contributed by atoms with van der Waals surface area (Å²) in [6, 6.07) is 8.34. The zero-order valence-corrected chi connectivity index (χ0v) is 17.5. The van der Waals surface area contributed by atoms with Gasteiger partial charge in [0.15, 0.2) is 6.23 Å². The van der Waals surface area contributed by atoms with E-state index < -0.39 is 56.6 Å². The van der Waals surface area contributed by atoms with E-state index in [0.29, 0.717) is 5.56 Å². The average Bonchev–Trinajstić information content (AvgIpc) is 3.01. The molecule has 7 N–H and O–H groups in total. The first kappa shape index (κ1) is 24.0. The molecule has 13 nitrogen and oxygen atoms in total. The van der Waals surface area contributed by atoms with Crippen molar-refractivity contribution in [2.45, 2.75) is 37.0 Å². The molecule has 0 aliphatic carbocycles. The molecule has 1 aromatic heterocycles. The number of nitrogens with two attached hydrogens (primary N) is 1. The highest BCUT2D eigenvalue weighted by molar-refractivity contribution is 7.50. The number of anilines is 1. The molecule has 1 fully saturated rings. The molecule has 6 atom stereocenters. The van der Waals surface area contributed by atoms with Crippen molar-refractivity contribution >= 4 is 19.5 Å². The van der Waals surface area contributed by atoms with Crippen LogP contribution in [-0.2, 0) is 25.0 Å². The van der Waals surface area contributed by atoms with Gasteiger partial charge >= 0.3 is 19.4 Å². The minimum absolute atomic E-state index is 0.0463. The summed E-state index contributed by atoms with van der Waals surface area (Å²) < 4.78 is 23.6. The van der Waals surface area contributed by atoms with Crippen LogP contribution in [-0.4, -0.2) is 66.7 Å². The highest BCUT2D eigenvalue weighted by Crippen LogP contribution is 2.40. The molecule has 32 heavy (non-hydrogen) atoms. The molecule has 0 bridgehead atoms. The third kappa shape index (κ3) is 5.78. The Hall–Kier alpha value is -2.64. The van der Waals surface area contributed by atoms with E-state index >= 15 is 0 Å². The molecule has 14 heteroatoms. The van der Waals surface area contributed by atoms with Crippen molar-refractivity contribution in [3.8, 4) is 0 Å². The number of aromatic nitrogens is 2. The standard InChI is InChI=1S/C18H23N4O9P/c19-13-6-7-22(18(27)20-13)16-15(24)14(23)12(31-16)9-30-32(28,29)21-11(17(25)26)8-10-4-2-1-3-5-10/h1-7,11-12,14-16,23-24H,8-9H2,(H,25,26)(H2,19,20,27)(H2,21,28,29)/t11-,12+,14+,15+,16?/m0/s1. The van der Waals surface area contributed by atoms with Gasteiger partial charge in [-0.05, 0) is 18.1 Å². The second kappa shape index (κ2) is 9.88. The summed E-state index contributed by atoms with van der Waals surface area (Å²) in [6.45, 7) is -0.676. The first-order valence-corrected chi connectivity index (χ1v) is 11.0. The molecule has 1 aromatic carbocycles. The van der Waals surface area contributed by atoms with E-state index in [1.807, 2.05) is 0 Å². The Balaban J connectivity index is 1.63. The maximum atomic E-state index is 12.4. The van der Waals surface area contributed by atoms with Gasteiger partial charge in [-0.3, -0.25) is 13.9 Å². The predicted molar refractivity (Wildman–Crippen MR) is 109 cm³/mol. The zero-order chi connectivity index (χ0) is 23.5. The van der Waals surface area contributed by atoms with Crippen LogP contribution < -0.4 is 16.5 Å². The number of aliphatic hydroxyl groups excluding tert-OH is 2. The third-order valence-corrected chi connectivity index (χ3v) is 5.91. The molecular formula is C18H23N4O9P. The number of carbonyl (C=O) groups is 1. The number of ether oxygens (including phenoxy) is 1. The first-order valence-electron chi connectivity index (χ1n) is 9.45. The van der Waals surface area contributed by atoms with Crippen LogP contribution in [0, 0.1) is 0 Å². The van der Waals surface area contributed by atoms with E-state index in [4.69, 9.17) is 15.0 Å². The molecule has 0 amide bonds. The van der Waals surface area contributed by atoms with Gasteiger partial charge in [-0.2, -0.15) is 4.98 Å². The van der Waals surface area contributed by atoms with E-state index in [-0.39, 0.29) is 12.2 Å². The summed E-state index contributed by atoms with van der Waals surface area (Å²) in [5.41, 5.74) is 5.21. The summed E-state index contributed by atoms with van der Waals surface area (Å²) in [5, 5.41) is 31.8. The molecule has 174 valence electrons. The molecular weight excluding hydrogens is 447 g/mol. The molecule has 0 radical (unpaired) electrons. The Labute approximate surface area is 181 Å². The molecule has 2 aromatic rings. The molecule has 2 heterocycles. The first-order chi connectivity index (χ1) is 15.1. The van der Waals surface area contributed by atoms with Crippen LogP contribution in [0.2, 0.25) is 0 Å². The summed E-state index contributed by atoms with van der Waals surface area (Å²) in [7, 11) is -4.65. The minimum Gasteiger partial charge on any atom is -0.480 e. The lowest BCUT2D eigenvalue weighted by Crippen LogP contribution is -2.38. The Kier molecular flexibility index (Phi) is 7.41. The summed E-state index contributed by atoms with van der Waals surface area (Å²) in [6.07, 6.45) is -4.63. The fourth-order valence-electron chi connectivity index (χ4n) is 3.16. The van der Waals surface area contributed by atoms with Gasteiger partial charge in [0.25, 0.3) is 0 Å². The van der Waals surface area contributed by atoms with Crippen LogP contribution >= 0.6 is 7.75 Å². The van der Waals surface area contributed by atoms with Crippen molar-refractivity contribution in [1.29, 1.82) is 0 Å². The van der Waals surface area contributed by atoms with E-state index in [1.54, 1.807) is 30.3 Å². The number of rotatable bonds is 9. The molecule has 0 spiro atoms. The van der Waals surface area contributed by atoms with Crippen molar-refractivity contribution in [3.05, 3.63) is 58.6 Å². The Morgan fingerprint density at radius 3 is 2.59 bits per heavy atom. The number of aliphatic carboxylic acids is 1. The average molecular weight is 470 g/mol. The van der Waals surface area contributed by atoms with Crippen LogP contribution in [0.4, 0.5) is 5.82 Å². The van der Waals surface area contributed by atoms with Crippen LogP contribution in [0.15, 0.2) is 47.4 Å². The maximum absolute atomic E-state index is 12.4. The van der Waals surface area contributed by atoms with Crippen LogP contribution in [0.1, 0.15) is 11.8 Å². The van der Waals surface area contributed by atoms with E-state index in [0.717, 1.165) is 4.57 Å². The Morgan fingerprint density at radius 1 is 1.28 bits per heavy atom. The fraction of sp³-hybridized carbons (Fsp3) is 0.389. The van der Waals surface area contributed by atoms with Crippen molar-refractivity contribution < 1.29 is 38.8 Å². The lowest BCUT2D eigenvalue weighted by Gasteiger charge is -2.21. The number of benzene rings is 1. The predicted octanol–water partition coefficient (Wildman–Crippen LogP) is -1.15. The monoisotopic (exact) mass is 470 g/mol. The van der Waals surface area contributed by atoms with Gasteiger partial charge in [0.05, 0.1) is 6.61 Å². The highest BCUT2D eigenvalue weighted by atomic mass is 31.2. The van der Waals surface area contributed by atoms with Crippen molar-refractivity contribution in [2.24, 2.45) is 0 Å². The summed E-state index contributed by atoms with van der Waals surface area (Å²) >= 11 is 0. The number of nitrogens with one attached hydrogen (secondary N) is 1. The molecule has 2 unspecified atom stereocenters. The number of aliphatic hydroxyl groups is 2. The fourth-order valence-corrected chi connectivity index (χ4v) is 4.18. The SMILES string of the molecule is Nc1ccn(C2O[C@H](COP(=O)(O)N[C@@H](Cc3ccccc3)C(=O)O)[C@@H](O)[C@H]2O)c(=O)n1. The topological polar surface area (TPSA) is 206 Å². The highest BCUT2D eigenvalue weighted by Gasteiger charge is 2.45. The molecule has 1 aliphatic heterocycles. The van der Waals surface area contributed by atoms with Crippen molar-refractivity contribution in [3.63, 3.8) is 0 Å². The number of carboxylic acids is 1. The number of carboxylic acid groups (broad SMARTS) is 1. The lowest BCUT2D eigenvalue weighted by molar-refractivity contribution is -0.139. The van der Waals surface area contributed by atoms with Gasteiger partial charge in [-0.25, -0.2) is 14.4 Å². The van der Waals surface area contributed by atoms with Crippen molar-refractivity contribution in [2.75, 3.05) is 12.3 Å². The number of hydrogen-bond acceptors (Lipinski definition) is 9. The van der Waals surface area contributed by atoms with Crippen LogP contribution in [0.25, 0.3) is 0 Å².